The highest BCUT2D eigenvalue weighted by Gasteiger charge is 2.39. The van der Waals surface area contributed by atoms with E-state index in [4.69, 9.17) is 4.74 Å². The van der Waals surface area contributed by atoms with Gasteiger partial charge >= 0.3 is 0 Å². The summed E-state index contributed by atoms with van der Waals surface area (Å²) in [7, 11) is 0. The van der Waals surface area contributed by atoms with Gasteiger partial charge in [-0.25, -0.2) is 0 Å². The number of Topliss-reactive ketones (excluding diaryl/α,β-unsaturated/α-hetero) is 1. The molecular formula is C16H30O2. The van der Waals surface area contributed by atoms with E-state index >= 15 is 0 Å². The van der Waals surface area contributed by atoms with E-state index in [0.29, 0.717) is 5.78 Å². The van der Waals surface area contributed by atoms with Crippen molar-refractivity contribution in [1.29, 1.82) is 0 Å². The first-order chi connectivity index (χ1) is 8.75. The van der Waals surface area contributed by atoms with Crippen molar-refractivity contribution in [2.75, 3.05) is 0 Å². The second kappa shape index (κ2) is 9.55. The molecule has 1 heterocycles. The highest BCUT2D eigenvalue weighted by molar-refractivity contribution is 5.85. The van der Waals surface area contributed by atoms with Gasteiger partial charge in [-0.2, -0.15) is 0 Å². The molecule has 0 aromatic carbocycles. The van der Waals surface area contributed by atoms with Gasteiger partial charge in [0.1, 0.15) is 6.10 Å². The van der Waals surface area contributed by atoms with E-state index in [0.717, 1.165) is 12.8 Å². The van der Waals surface area contributed by atoms with Crippen molar-refractivity contribution in [2.24, 2.45) is 0 Å². The van der Waals surface area contributed by atoms with E-state index in [-0.39, 0.29) is 12.2 Å². The third-order valence-electron chi connectivity index (χ3n) is 3.81. The molecule has 1 saturated heterocycles. The minimum atomic E-state index is -0.0523. The van der Waals surface area contributed by atoms with Crippen LogP contribution in [0.2, 0.25) is 0 Å². The van der Waals surface area contributed by atoms with Gasteiger partial charge in [0, 0.05) is 6.42 Å². The van der Waals surface area contributed by atoms with Crippen LogP contribution in [0.15, 0.2) is 0 Å². The van der Waals surface area contributed by atoms with Gasteiger partial charge in [0.2, 0.25) is 0 Å². The summed E-state index contributed by atoms with van der Waals surface area (Å²) >= 11 is 0. The monoisotopic (exact) mass is 254 g/mol. The summed E-state index contributed by atoms with van der Waals surface area (Å²) in [5.41, 5.74) is 0. The molecule has 2 nitrogen and oxygen atoms in total. The average molecular weight is 254 g/mol. The van der Waals surface area contributed by atoms with Gasteiger partial charge in [-0.15, -0.1) is 0 Å². The van der Waals surface area contributed by atoms with E-state index in [2.05, 4.69) is 6.92 Å². The summed E-state index contributed by atoms with van der Waals surface area (Å²) in [5, 5.41) is 0. The molecule has 0 aromatic rings. The highest BCUT2D eigenvalue weighted by Crippen LogP contribution is 2.24. The second-order valence-electron chi connectivity index (χ2n) is 5.66. The summed E-state index contributed by atoms with van der Waals surface area (Å²) < 4.78 is 5.17. The van der Waals surface area contributed by atoms with Gasteiger partial charge in [0.25, 0.3) is 0 Å². The lowest BCUT2D eigenvalue weighted by Crippen LogP contribution is -2.07. The minimum Gasteiger partial charge on any atom is -0.362 e. The molecule has 1 aliphatic rings. The minimum absolute atomic E-state index is 0.0523. The summed E-state index contributed by atoms with van der Waals surface area (Å²) in [6.07, 6.45) is 14.1. The summed E-state index contributed by atoms with van der Waals surface area (Å²) in [5.74, 6) is 0.321. The smallest absolute Gasteiger partial charge is 0.164 e. The maximum absolute atomic E-state index is 11.5. The number of carbonyl (C=O) groups excluding carboxylic acids is 1. The molecule has 1 rings (SSSR count). The molecule has 1 fully saturated rings. The van der Waals surface area contributed by atoms with Crippen LogP contribution >= 0.6 is 0 Å². The Morgan fingerprint density at radius 1 is 0.889 bits per heavy atom. The molecule has 0 N–H and O–H groups in total. The van der Waals surface area contributed by atoms with E-state index in [9.17, 15) is 4.79 Å². The Balaban J connectivity index is 1.75. The van der Waals surface area contributed by atoms with E-state index in [1.54, 1.807) is 0 Å². The summed E-state index contributed by atoms with van der Waals surface area (Å²) in [4.78, 5) is 11.5. The SMILES string of the molecule is CCCCCCCCCCCCC(=O)[C@@H]1O[C@@H]1C. The molecule has 0 aliphatic carbocycles. The van der Waals surface area contributed by atoms with Crippen LogP contribution in [0.3, 0.4) is 0 Å². The Hall–Kier alpha value is -0.370. The van der Waals surface area contributed by atoms with Gasteiger partial charge in [0.05, 0.1) is 6.10 Å². The molecule has 0 amide bonds. The molecule has 2 heteroatoms. The van der Waals surface area contributed by atoms with Crippen LogP contribution in [-0.4, -0.2) is 18.0 Å². The fourth-order valence-corrected chi connectivity index (χ4v) is 2.45. The van der Waals surface area contributed by atoms with Crippen molar-refractivity contribution in [3.8, 4) is 0 Å². The van der Waals surface area contributed by atoms with Gasteiger partial charge < -0.3 is 4.74 Å². The molecule has 0 bridgehead atoms. The Morgan fingerprint density at radius 3 is 1.78 bits per heavy atom. The van der Waals surface area contributed by atoms with Crippen molar-refractivity contribution < 1.29 is 9.53 Å². The number of ether oxygens (including phenoxy) is 1. The summed E-state index contributed by atoms with van der Waals surface area (Å²) in [6, 6.07) is 0. The third-order valence-corrected chi connectivity index (χ3v) is 3.81. The zero-order chi connectivity index (χ0) is 13.2. The largest absolute Gasteiger partial charge is 0.362 e. The maximum atomic E-state index is 11.5. The molecule has 0 radical (unpaired) electrons. The zero-order valence-corrected chi connectivity index (χ0v) is 12.2. The van der Waals surface area contributed by atoms with Gasteiger partial charge in [-0.1, -0.05) is 64.7 Å². The van der Waals surface area contributed by atoms with E-state index in [1.807, 2.05) is 6.92 Å². The molecular weight excluding hydrogens is 224 g/mol. The van der Waals surface area contributed by atoms with Crippen molar-refractivity contribution in [3.05, 3.63) is 0 Å². The molecule has 0 aromatic heterocycles. The van der Waals surface area contributed by atoms with Crippen LogP contribution in [0.5, 0.6) is 0 Å². The molecule has 0 saturated carbocycles. The van der Waals surface area contributed by atoms with Crippen LogP contribution < -0.4 is 0 Å². The van der Waals surface area contributed by atoms with Gasteiger partial charge in [-0.05, 0) is 13.3 Å². The van der Waals surface area contributed by atoms with Gasteiger partial charge in [0.15, 0.2) is 5.78 Å². The van der Waals surface area contributed by atoms with Crippen LogP contribution in [0.4, 0.5) is 0 Å². The Bertz CT molecular complexity index is 225. The first kappa shape index (κ1) is 15.7. The van der Waals surface area contributed by atoms with Crippen molar-refractivity contribution >= 4 is 5.78 Å². The maximum Gasteiger partial charge on any atom is 0.164 e. The molecule has 106 valence electrons. The normalized spacial score (nSPS) is 22.1. The fourth-order valence-electron chi connectivity index (χ4n) is 2.45. The van der Waals surface area contributed by atoms with Gasteiger partial charge in [-0.3, -0.25) is 4.79 Å². The molecule has 18 heavy (non-hydrogen) atoms. The zero-order valence-electron chi connectivity index (χ0n) is 12.2. The topological polar surface area (TPSA) is 29.6 Å². The molecule has 2 atom stereocenters. The first-order valence-electron chi connectivity index (χ1n) is 7.94. The number of ketones is 1. The highest BCUT2D eigenvalue weighted by atomic mass is 16.6. The summed E-state index contributed by atoms with van der Waals surface area (Å²) in [6.45, 7) is 4.23. The lowest BCUT2D eigenvalue weighted by Gasteiger charge is -2.01. The van der Waals surface area contributed by atoms with Crippen molar-refractivity contribution in [1.82, 2.24) is 0 Å². The van der Waals surface area contributed by atoms with Crippen LogP contribution in [0, 0.1) is 0 Å². The standard InChI is InChI=1S/C16H30O2/c1-3-4-5-6-7-8-9-10-11-12-13-15(17)16-14(2)18-16/h14,16H,3-13H2,1-2H3/t14-,16-/m1/s1. The predicted octanol–water partition coefficient (Wildman–Crippen LogP) is 4.65. The average Bonchev–Trinajstić information content (AvgIpc) is 3.09. The number of carbonyl (C=O) groups is 1. The van der Waals surface area contributed by atoms with E-state index in [1.165, 1.54) is 57.8 Å². The molecule has 0 unspecified atom stereocenters. The lowest BCUT2D eigenvalue weighted by molar-refractivity contribution is -0.120. The Kier molecular flexibility index (Phi) is 8.32. The Morgan fingerprint density at radius 2 is 1.33 bits per heavy atom. The van der Waals surface area contributed by atoms with Crippen molar-refractivity contribution in [3.63, 3.8) is 0 Å². The number of rotatable bonds is 12. The third kappa shape index (κ3) is 7.15. The molecule has 1 aliphatic heterocycles. The number of epoxide rings is 1. The Labute approximate surface area is 112 Å². The fraction of sp³-hybridized carbons (Fsp3) is 0.938. The van der Waals surface area contributed by atoms with Crippen LogP contribution in [0.25, 0.3) is 0 Å². The quantitative estimate of drug-likeness (QED) is 0.374. The number of hydrogen-bond acceptors (Lipinski definition) is 2. The van der Waals surface area contributed by atoms with Crippen LogP contribution in [0.1, 0.15) is 84.5 Å². The van der Waals surface area contributed by atoms with E-state index < -0.39 is 0 Å². The molecule has 0 spiro atoms. The predicted molar refractivity (Wildman–Crippen MR) is 75.8 cm³/mol. The first-order valence-corrected chi connectivity index (χ1v) is 7.94. The van der Waals surface area contributed by atoms with Crippen molar-refractivity contribution in [2.45, 2.75) is 96.7 Å². The number of unbranched alkanes of at least 4 members (excludes halogenated alkanes) is 9. The number of hydrogen-bond donors (Lipinski definition) is 0. The van der Waals surface area contributed by atoms with Crippen LogP contribution in [-0.2, 0) is 9.53 Å². The second-order valence-corrected chi connectivity index (χ2v) is 5.66. The lowest BCUT2D eigenvalue weighted by atomic mass is 10.0.